The maximum absolute atomic E-state index is 11.9. The number of carbonyl (C=O) groups excluding carboxylic acids is 2. The zero-order valence-electron chi connectivity index (χ0n) is 14.9. The van der Waals surface area contributed by atoms with Crippen LogP contribution in [0.5, 0.6) is 11.5 Å². The van der Waals surface area contributed by atoms with E-state index in [1.165, 1.54) is 13.3 Å². The van der Waals surface area contributed by atoms with Crippen LogP contribution in [-0.2, 0) is 9.59 Å². The number of carbonyl (C=O) groups is 2. The highest BCUT2D eigenvalue weighted by atomic mass is 16.5. The van der Waals surface area contributed by atoms with Gasteiger partial charge in [-0.05, 0) is 36.2 Å². The molecule has 0 aliphatic heterocycles. The van der Waals surface area contributed by atoms with E-state index >= 15 is 0 Å². The molecule has 7 nitrogen and oxygen atoms in total. The summed E-state index contributed by atoms with van der Waals surface area (Å²) in [6.07, 6.45) is 1.13. The molecule has 136 valence electrons. The maximum Gasteiger partial charge on any atom is 0.249 e. The minimum Gasteiger partial charge on any atom is -0.496 e. The van der Waals surface area contributed by atoms with Gasteiger partial charge in [0.15, 0.2) is 0 Å². The molecule has 0 fully saturated rings. The number of hydrogen-bond acceptors (Lipinski definition) is 5. The van der Waals surface area contributed by atoms with E-state index in [1.54, 1.807) is 37.4 Å². The largest absolute Gasteiger partial charge is 0.496 e. The summed E-state index contributed by atoms with van der Waals surface area (Å²) in [6, 6.07) is 12.5. The molecule has 0 radical (unpaired) electrons. The van der Waals surface area contributed by atoms with Crippen molar-refractivity contribution in [1.29, 1.82) is 0 Å². The summed E-state index contributed by atoms with van der Waals surface area (Å²) in [5.41, 5.74) is 4.60. The Morgan fingerprint density at radius 3 is 2.50 bits per heavy atom. The van der Waals surface area contributed by atoms with Crippen LogP contribution < -0.4 is 20.2 Å². The van der Waals surface area contributed by atoms with Crippen LogP contribution in [0, 0.1) is 6.92 Å². The second-order valence-corrected chi connectivity index (χ2v) is 5.45. The van der Waals surface area contributed by atoms with Crippen molar-refractivity contribution >= 4 is 23.7 Å². The van der Waals surface area contributed by atoms with E-state index in [-0.39, 0.29) is 6.42 Å². The predicted molar refractivity (Wildman–Crippen MR) is 99.7 cm³/mol. The molecular formula is C19H21N3O4. The Kier molecular flexibility index (Phi) is 6.73. The summed E-state index contributed by atoms with van der Waals surface area (Å²) in [5.74, 6) is 0.274. The standard InChI is InChI=1S/C19H21N3O4/c1-13-8-9-14(10-17(13)26-3)12-20-22-19(24)11-18(23)21-15-6-4-5-7-16(15)25-2/h4-10,12H,11H2,1-3H3,(H,21,23)(H,22,24). The first kappa shape index (κ1) is 19.0. The molecule has 0 unspecified atom stereocenters. The number of ether oxygens (including phenoxy) is 2. The van der Waals surface area contributed by atoms with E-state index in [9.17, 15) is 9.59 Å². The number of nitrogens with one attached hydrogen (secondary N) is 2. The molecule has 2 aromatic rings. The Bertz CT molecular complexity index is 818. The van der Waals surface area contributed by atoms with Gasteiger partial charge in [-0.3, -0.25) is 9.59 Å². The molecule has 7 heteroatoms. The lowest BCUT2D eigenvalue weighted by Crippen LogP contribution is -2.24. The molecule has 2 aromatic carbocycles. The summed E-state index contributed by atoms with van der Waals surface area (Å²) in [4.78, 5) is 23.8. The van der Waals surface area contributed by atoms with Crippen molar-refractivity contribution < 1.29 is 19.1 Å². The third-order valence-electron chi connectivity index (χ3n) is 3.54. The lowest BCUT2D eigenvalue weighted by atomic mass is 10.1. The van der Waals surface area contributed by atoms with Crippen molar-refractivity contribution in [3.05, 3.63) is 53.6 Å². The number of anilines is 1. The number of rotatable bonds is 7. The number of para-hydroxylation sites is 2. The number of aryl methyl sites for hydroxylation is 1. The van der Waals surface area contributed by atoms with Gasteiger partial charge in [0.2, 0.25) is 11.8 Å². The number of methoxy groups -OCH3 is 2. The first-order valence-corrected chi connectivity index (χ1v) is 7.93. The molecule has 0 aliphatic carbocycles. The molecular weight excluding hydrogens is 334 g/mol. The second-order valence-electron chi connectivity index (χ2n) is 5.45. The fourth-order valence-electron chi connectivity index (χ4n) is 2.22. The molecule has 26 heavy (non-hydrogen) atoms. The molecule has 0 atom stereocenters. The van der Waals surface area contributed by atoms with Crippen LogP contribution in [0.25, 0.3) is 0 Å². The smallest absolute Gasteiger partial charge is 0.249 e. The van der Waals surface area contributed by atoms with E-state index < -0.39 is 11.8 Å². The normalized spacial score (nSPS) is 10.4. The van der Waals surface area contributed by atoms with Gasteiger partial charge in [0, 0.05) is 0 Å². The van der Waals surface area contributed by atoms with Crippen molar-refractivity contribution in [2.45, 2.75) is 13.3 Å². The van der Waals surface area contributed by atoms with Gasteiger partial charge in [-0.2, -0.15) is 5.10 Å². The van der Waals surface area contributed by atoms with Crippen LogP contribution in [0.2, 0.25) is 0 Å². The second kappa shape index (κ2) is 9.22. The van der Waals surface area contributed by atoms with Crippen LogP contribution in [0.1, 0.15) is 17.5 Å². The van der Waals surface area contributed by atoms with E-state index in [0.29, 0.717) is 11.4 Å². The van der Waals surface area contributed by atoms with Crippen molar-refractivity contribution in [2.75, 3.05) is 19.5 Å². The summed E-state index contributed by atoms with van der Waals surface area (Å²) in [5, 5.41) is 6.48. The lowest BCUT2D eigenvalue weighted by molar-refractivity contribution is -0.126. The lowest BCUT2D eigenvalue weighted by Gasteiger charge is -2.09. The Hall–Kier alpha value is -3.35. The van der Waals surface area contributed by atoms with Crippen LogP contribution in [0.15, 0.2) is 47.6 Å². The van der Waals surface area contributed by atoms with Crippen LogP contribution in [0.3, 0.4) is 0 Å². The Morgan fingerprint density at radius 2 is 1.77 bits per heavy atom. The minimum atomic E-state index is -0.521. The maximum atomic E-state index is 11.9. The van der Waals surface area contributed by atoms with Crippen molar-refractivity contribution in [3.8, 4) is 11.5 Å². The zero-order valence-corrected chi connectivity index (χ0v) is 14.9. The molecule has 0 saturated heterocycles. The average Bonchev–Trinajstić information content (AvgIpc) is 2.63. The molecule has 0 aliphatic rings. The van der Waals surface area contributed by atoms with E-state index in [1.807, 2.05) is 19.1 Å². The van der Waals surface area contributed by atoms with Crippen molar-refractivity contribution in [2.24, 2.45) is 5.10 Å². The van der Waals surface area contributed by atoms with Crippen LogP contribution in [0.4, 0.5) is 5.69 Å². The van der Waals surface area contributed by atoms with Gasteiger partial charge in [0.25, 0.3) is 0 Å². The molecule has 2 N–H and O–H groups in total. The SMILES string of the molecule is COc1cc(C=NNC(=O)CC(=O)Nc2ccccc2OC)ccc1C. The highest BCUT2D eigenvalue weighted by molar-refractivity contribution is 6.04. The number of benzene rings is 2. The van der Waals surface area contributed by atoms with Crippen molar-refractivity contribution in [1.82, 2.24) is 5.43 Å². The third-order valence-corrected chi connectivity index (χ3v) is 3.54. The molecule has 2 rings (SSSR count). The van der Waals surface area contributed by atoms with Crippen molar-refractivity contribution in [3.63, 3.8) is 0 Å². The first-order valence-electron chi connectivity index (χ1n) is 7.93. The molecule has 2 amide bonds. The van der Waals surface area contributed by atoms with E-state index in [4.69, 9.17) is 9.47 Å². The molecule has 0 bridgehead atoms. The summed E-state index contributed by atoms with van der Waals surface area (Å²) in [6.45, 7) is 1.93. The fourth-order valence-corrected chi connectivity index (χ4v) is 2.22. The van der Waals surface area contributed by atoms with Gasteiger partial charge in [-0.15, -0.1) is 0 Å². The summed E-state index contributed by atoms with van der Waals surface area (Å²) < 4.78 is 10.4. The molecule has 0 aromatic heterocycles. The number of nitrogens with zero attached hydrogens (tertiary/aromatic N) is 1. The van der Waals surface area contributed by atoms with Crippen LogP contribution in [-0.4, -0.2) is 32.2 Å². The molecule has 0 saturated carbocycles. The van der Waals surface area contributed by atoms with E-state index in [2.05, 4.69) is 15.8 Å². The molecule has 0 heterocycles. The Balaban J connectivity index is 1.87. The minimum absolute atomic E-state index is 0.355. The fraction of sp³-hybridized carbons (Fsp3) is 0.211. The van der Waals surface area contributed by atoms with Gasteiger partial charge in [-0.1, -0.05) is 24.3 Å². The highest BCUT2D eigenvalue weighted by Crippen LogP contribution is 2.23. The third kappa shape index (κ3) is 5.34. The van der Waals surface area contributed by atoms with Gasteiger partial charge < -0.3 is 14.8 Å². The number of amides is 2. The Labute approximate surface area is 152 Å². The summed E-state index contributed by atoms with van der Waals surface area (Å²) >= 11 is 0. The van der Waals surface area contributed by atoms with Gasteiger partial charge >= 0.3 is 0 Å². The van der Waals surface area contributed by atoms with E-state index in [0.717, 1.165) is 16.9 Å². The molecule has 0 spiro atoms. The topological polar surface area (TPSA) is 89.0 Å². The van der Waals surface area contributed by atoms with Gasteiger partial charge in [0.1, 0.15) is 17.9 Å². The number of hydrazone groups is 1. The Morgan fingerprint density at radius 1 is 1.04 bits per heavy atom. The van der Waals surface area contributed by atoms with Gasteiger partial charge in [0.05, 0.1) is 26.1 Å². The quantitative estimate of drug-likeness (QED) is 0.454. The average molecular weight is 355 g/mol. The predicted octanol–water partition coefficient (Wildman–Crippen LogP) is 2.49. The summed E-state index contributed by atoms with van der Waals surface area (Å²) in [7, 11) is 3.10. The zero-order chi connectivity index (χ0) is 18.9. The van der Waals surface area contributed by atoms with Gasteiger partial charge in [-0.25, -0.2) is 5.43 Å². The highest BCUT2D eigenvalue weighted by Gasteiger charge is 2.11. The number of hydrogen-bond donors (Lipinski definition) is 2. The van der Waals surface area contributed by atoms with Crippen LogP contribution >= 0.6 is 0 Å². The monoisotopic (exact) mass is 355 g/mol. The first-order chi connectivity index (χ1) is 12.5.